The molecule has 0 unspecified atom stereocenters. The van der Waals surface area contributed by atoms with Crippen molar-refractivity contribution in [2.75, 3.05) is 13.7 Å². The Hall–Kier alpha value is -1.97. The zero-order valence-electron chi connectivity index (χ0n) is 13.1. The molecule has 0 saturated heterocycles. The van der Waals surface area contributed by atoms with Gasteiger partial charge in [0.15, 0.2) is 0 Å². The van der Waals surface area contributed by atoms with Crippen molar-refractivity contribution in [2.45, 2.75) is 38.8 Å². The molecule has 1 atom stereocenters. The van der Waals surface area contributed by atoms with Crippen LogP contribution in [0.5, 0.6) is 5.75 Å². The minimum atomic E-state index is -0.483. The van der Waals surface area contributed by atoms with Crippen LogP contribution in [0.2, 0.25) is 0 Å². The molecular weight excluding hydrogens is 266 g/mol. The van der Waals surface area contributed by atoms with Gasteiger partial charge in [0.05, 0.1) is 13.2 Å². The van der Waals surface area contributed by atoms with E-state index in [0.717, 1.165) is 17.7 Å². The molecule has 21 heavy (non-hydrogen) atoms. The van der Waals surface area contributed by atoms with Crippen LogP contribution in [-0.4, -0.2) is 30.2 Å². The number of benzene rings is 1. The number of amides is 1. The first kappa shape index (κ1) is 15.4. The molecule has 0 fully saturated rings. The van der Waals surface area contributed by atoms with Crippen LogP contribution in [0.1, 0.15) is 38.8 Å². The Morgan fingerprint density at radius 3 is 2.43 bits per heavy atom. The number of ether oxygens (including phenoxy) is 2. The van der Waals surface area contributed by atoms with Crippen LogP contribution in [0, 0.1) is 0 Å². The summed E-state index contributed by atoms with van der Waals surface area (Å²) in [4.78, 5) is 14.1. The van der Waals surface area contributed by atoms with Crippen molar-refractivity contribution < 1.29 is 14.3 Å². The molecule has 1 aromatic rings. The standard InChI is InChI=1S/C17H23NO3/c1-17(2,3)21-16(19)18-12-6-5-7-15(18)13-8-10-14(20-4)11-9-13/h5-6,8-11,15H,7,12H2,1-4H3/t15-/m1/s1. The molecule has 2 rings (SSSR count). The molecule has 0 spiro atoms. The molecule has 0 saturated carbocycles. The fourth-order valence-electron chi connectivity index (χ4n) is 2.33. The first-order valence-corrected chi connectivity index (χ1v) is 7.19. The quantitative estimate of drug-likeness (QED) is 0.774. The predicted molar refractivity (Wildman–Crippen MR) is 82.4 cm³/mol. The van der Waals surface area contributed by atoms with Gasteiger partial charge < -0.3 is 9.47 Å². The molecule has 0 N–H and O–H groups in total. The monoisotopic (exact) mass is 289 g/mol. The summed E-state index contributed by atoms with van der Waals surface area (Å²) in [7, 11) is 1.64. The van der Waals surface area contributed by atoms with Crippen molar-refractivity contribution in [3.8, 4) is 5.75 Å². The van der Waals surface area contributed by atoms with Gasteiger partial charge in [0.1, 0.15) is 11.4 Å². The zero-order chi connectivity index (χ0) is 15.5. The van der Waals surface area contributed by atoms with E-state index in [1.165, 1.54) is 0 Å². The van der Waals surface area contributed by atoms with Crippen LogP contribution < -0.4 is 4.74 Å². The summed E-state index contributed by atoms with van der Waals surface area (Å²) in [6.07, 6.45) is 4.64. The highest BCUT2D eigenvalue weighted by atomic mass is 16.6. The lowest BCUT2D eigenvalue weighted by Crippen LogP contribution is -2.40. The second-order valence-electron chi connectivity index (χ2n) is 6.13. The Morgan fingerprint density at radius 2 is 1.86 bits per heavy atom. The molecule has 114 valence electrons. The first-order chi connectivity index (χ1) is 9.90. The highest BCUT2D eigenvalue weighted by molar-refractivity contribution is 5.69. The third-order valence-corrected chi connectivity index (χ3v) is 3.33. The van der Waals surface area contributed by atoms with Gasteiger partial charge in [-0.1, -0.05) is 24.3 Å². The smallest absolute Gasteiger partial charge is 0.411 e. The van der Waals surface area contributed by atoms with Gasteiger partial charge in [0.2, 0.25) is 0 Å². The Morgan fingerprint density at radius 1 is 1.19 bits per heavy atom. The maximum atomic E-state index is 12.4. The van der Waals surface area contributed by atoms with E-state index in [1.807, 2.05) is 51.1 Å². The summed E-state index contributed by atoms with van der Waals surface area (Å²) in [6, 6.07) is 7.85. The number of methoxy groups -OCH3 is 1. The van der Waals surface area contributed by atoms with Gasteiger partial charge in [-0.3, -0.25) is 4.90 Å². The maximum absolute atomic E-state index is 12.4. The third kappa shape index (κ3) is 4.00. The van der Waals surface area contributed by atoms with Gasteiger partial charge in [-0.15, -0.1) is 0 Å². The Balaban J connectivity index is 2.18. The molecule has 1 aromatic carbocycles. The van der Waals surface area contributed by atoms with Gasteiger partial charge in [-0.05, 0) is 44.9 Å². The van der Waals surface area contributed by atoms with Crippen LogP contribution in [0.3, 0.4) is 0 Å². The Labute approximate surface area is 126 Å². The molecule has 0 bridgehead atoms. The van der Waals surface area contributed by atoms with Crippen LogP contribution in [-0.2, 0) is 4.74 Å². The van der Waals surface area contributed by atoms with E-state index in [0.29, 0.717) is 6.54 Å². The van der Waals surface area contributed by atoms with Gasteiger partial charge in [-0.25, -0.2) is 4.79 Å². The first-order valence-electron chi connectivity index (χ1n) is 7.19. The Kier molecular flexibility index (Phi) is 4.56. The number of hydrogen-bond donors (Lipinski definition) is 0. The molecule has 0 radical (unpaired) electrons. The van der Waals surface area contributed by atoms with Crippen molar-refractivity contribution >= 4 is 6.09 Å². The maximum Gasteiger partial charge on any atom is 0.411 e. The minimum absolute atomic E-state index is 0.00996. The lowest BCUT2D eigenvalue weighted by atomic mass is 9.99. The summed E-state index contributed by atoms with van der Waals surface area (Å²) >= 11 is 0. The summed E-state index contributed by atoms with van der Waals surface area (Å²) in [6.45, 7) is 6.22. The fourth-order valence-corrected chi connectivity index (χ4v) is 2.33. The van der Waals surface area contributed by atoms with Gasteiger partial charge in [0.25, 0.3) is 0 Å². The van der Waals surface area contributed by atoms with Crippen molar-refractivity contribution in [2.24, 2.45) is 0 Å². The van der Waals surface area contributed by atoms with Gasteiger partial charge >= 0.3 is 6.09 Å². The zero-order valence-corrected chi connectivity index (χ0v) is 13.1. The second kappa shape index (κ2) is 6.20. The van der Waals surface area contributed by atoms with Crippen LogP contribution >= 0.6 is 0 Å². The van der Waals surface area contributed by atoms with E-state index in [1.54, 1.807) is 12.0 Å². The molecule has 4 heteroatoms. The van der Waals surface area contributed by atoms with E-state index < -0.39 is 5.60 Å². The molecule has 4 nitrogen and oxygen atoms in total. The molecule has 1 heterocycles. The summed E-state index contributed by atoms with van der Waals surface area (Å²) < 4.78 is 10.7. The highest BCUT2D eigenvalue weighted by Gasteiger charge is 2.29. The van der Waals surface area contributed by atoms with Crippen molar-refractivity contribution in [3.63, 3.8) is 0 Å². The number of rotatable bonds is 2. The number of carbonyl (C=O) groups is 1. The molecular formula is C17H23NO3. The average molecular weight is 289 g/mol. The molecule has 0 aliphatic carbocycles. The number of carbonyl (C=O) groups excluding carboxylic acids is 1. The van der Waals surface area contributed by atoms with E-state index in [4.69, 9.17) is 9.47 Å². The topological polar surface area (TPSA) is 38.8 Å². The van der Waals surface area contributed by atoms with Crippen molar-refractivity contribution in [3.05, 3.63) is 42.0 Å². The minimum Gasteiger partial charge on any atom is -0.497 e. The SMILES string of the molecule is COc1ccc([C@H]2CC=CCN2C(=O)OC(C)(C)C)cc1. The molecule has 1 aliphatic heterocycles. The van der Waals surface area contributed by atoms with Crippen molar-refractivity contribution in [1.29, 1.82) is 0 Å². The van der Waals surface area contributed by atoms with Crippen LogP contribution in [0.4, 0.5) is 4.79 Å². The van der Waals surface area contributed by atoms with E-state index in [9.17, 15) is 4.79 Å². The normalized spacial score (nSPS) is 18.5. The molecule has 1 amide bonds. The largest absolute Gasteiger partial charge is 0.497 e. The second-order valence-corrected chi connectivity index (χ2v) is 6.13. The van der Waals surface area contributed by atoms with E-state index in [2.05, 4.69) is 6.08 Å². The van der Waals surface area contributed by atoms with Gasteiger partial charge in [0, 0.05) is 6.54 Å². The van der Waals surface area contributed by atoms with E-state index >= 15 is 0 Å². The highest BCUT2D eigenvalue weighted by Crippen LogP contribution is 2.30. The average Bonchev–Trinajstić information content (AvgIpc) is 2.45. The number of nitrogens with zero attached hydrogens (tertiary/aromatic N) is 1. The van der Waals surface area contributed by atoms with Crippen LogP contribution in [0.15, 0.2) is 36.4 Å². The third-order valence-electron chi connectivity index (χ3n) is 3.33. The predicted octanol–water partition coefficient (Wildman–Crippen LogP) is 3.93. The number of hydrogen-bond acceptors (Lipinski definition) is 3. The van der Waals surface area contributed by atoms with E-state index in [-0.39, 0.29) is 12.1 Å². The summed E-state index contributed by atoms with van der Waals surface area (Å²) in [5.41, 5.74) is 0.605. The lowest BCUT2D eigenvalue weighted by molar-refractivity contribution is 0.0176. The van der Waals surface area contributed by atoms with Crippen molar-refractivity contribution in [1.82, 2.24) is 4.90 Å². The van der Waals surface area contributed by atoms with Crippen LogP contribution in [0.25, 0.3) is 0 Å². The fraction of sp³-hybridized carbons (Fsp3) is 0.471. The Bertz CT molecular complexity index is 514. The summed E-state index contributed by atoms with van der Waals surface area (Å²) in [5.74, 6) is 0.814. The molecule has 1 aliphatic rings. The summed E-state index contributed by atoms with van der Waals surface area (Å²) in [5, 5.41) is 0. The van der Waals surface area contributed by atoms with Gasteiger partial charge in [-0.2, -0.15) is 0 Å². The molecule has 0 aromatic heterocycles. The lowest BCUT2D eigenvalue weighted by Gasteiger charge is -2.34.